The van der Waals surface area contributed by atoms with Crippen LogP contribution in [0.15, 0.2) is 85.2 Å². The number of hydrogen-bond donors (Lipinski definition) is 0. The average molecular weight is 334 g/mol. The molecule has 0 radical (unpaired) electrons. The van der Waals surface area contributed by atoms with Gasteiger partial charge in [-0.3, -0.25) is 9.97 Å². The smallest absolute Gasteiger partial charge is 0.0970 e. The van der Waals surface area contributed by atoms with Crippen LogP contribution in [0.25, 0.3) is 38.5 Å². The van der Waals surface area contributed by atoms with Crippen LogP contribution in [0.4, 0.5) is 0 Å². The van der Waals surface area contributed by atoms with Crippen molar-refractivity contribution in [2.45, 2.75) is 12.8 Å². The van der Waals surface area contributed by atoms with Gasteiger partial charge in [-0.05, 0) is 47.2 Å². The van der Waals surface area contributed by atoms with Crippen LogP contribution in [0.5, 0.6) is 0 Å². The molecule has 26 heavy (non-hydrogen) atoms. The van der Waals surface area contributed by atoms with E-state index in [0.717, 1.165) is 34.6 Å². The summed E-state index contributed by atoms with van der Waals surface area (Å²) in [5.41, 5.74) is 6.85. The van der Waals surface area contributed by atoms with Gasteiger partial charge in [0.25, 0.3) is 0 Å². The summed E-state index contributed by atoms with van der Waals surface area (Å²) in [5, 5.41) is 2.31. The van der Waals surface area contributed by atoms with Gasteiger partial charge in [0.2, 0.25) is 0 Å². The molecule has 0 amide bonds. The minimum atomic E-state index is 0.964. The lowest BCUT2D eigenvalue weighted by Gasteiger charge is -2.13. The Morgan fingerprint density at radius 1 is 0.654 bits per heavy atom. The molecule has 0 spiro atoms. The van der Waals surface area contributed by atoms with Crippen molar-refractivity contribution in [1.29, 1.82) is 0 Å². The molecule has 2 aromatic carbocycles. The van der Waals surface area contributed by atoms with E-state index < -0.39 is 0 Å². The Bertz CT molecular complexity index is 1170. The number of hydrogen-bond acceptors (Lipinski definition) is 2. The highest BCUT2D eigenvalue weighted by molar-refractivity contribution is 6.10. The molecule has 1 aliphatic rings. The molecule has 2 aromatic heterocycles. The molecule has 5 rings (SSSR count). The van der Waals surface area contributed by atoms with Crippen LogP contribution in [0.2, 0.25) is 0 Å². The molecule has 2 heterocycles. The Kier molecular flexibility index (Phi) is 3.60. The van der Waals surface area contributed by atoms with Gasteiger partial charge in [-0.15, -0.1) is 0 Å². The van der Waals surface area contributed by atoms with Crippen molar-refractivity contribution in [1.82, 2.24) is 9.97 Å². The first-order valence-electron chi connectivity index (χ1n) is 9.01. The second-order valence-electron chi connectivity index (χ2n) is 6.58. The summed E-state index contributed by atoms with van der Waals surface area (Å²) >= 11 is 0. The summed E-state index contributed by atoms with van der Waals surface area (Å²) in [7, 11) is 0. The summed E-state index contributed by atoms with van der Waals surface area (Å²) in [6.07, 6.45) is 12.8. The summed E-state index contributed by atoms with van der Waals surface area (Å²) in [5.74, 6) is 0. The van der Waals surface area contributed by atoms with Crippen molar-refractivity contribution < 1.29 is 0 Å². The number of benzene rings is 2. The maximum Gasteiger partial charge on any atom is 0.0970 e. The van der Waals surface area contributed by atoms with Gasteiger partial charge in [-0.25, -0.2) is 0 Å². The molecule has 0 N–H and O–H groups in total. The molecule has 0 saturated carbocycles. The van der Waals surface area contributed by atoms with Crippen LogP contribution in [-0.2, 0) is 0 Å². The summed E-state index contributed by atoms with van der Waals surface area (Å²) in [4.78, 5) is 9.37. The van der Waals surface area contributed by atoms with Crippen LogP contribution < -0.4 is 0 Å². The van der Waals surface area contributed by atoms with Crippen molar-refractivity contribution in [3.63, 3.8) is 0 Å². The Labute approximate surface area is 152 Å². The van der Waals surface area contributed by atoms with Gasteiger partial charge >= 0.3 is 0 Å². The average Bonchev–Trinajstić information content (AvgIpc) is 2.74. The maximum absolute atomic E-state index is 4.69. The quantitative estimate of drug-likeness (QED) is 0.409. The Hall–Kier alpha value is -3.26. The molecule has 0 atom stereocenters. The fourth-order valence-electron chi connectivity index (χ4n) is 3.76. The Morgan fingerprint density at radius 3 is 2.04 bits per heavy atom. The van der Waals surface area contributed by atoms with E-state index in [1.807, 2.05) is 18.5 Å². The van der Waals surface area contributed by atoms with Crippen molar-refractivity contribution >= 4 is 27.4 Å². The number of fused-ring (bicyclic) bond motifs is 3. The lowest BCUT2D eigenvalue weighted by Crippen LogP contribution is -1.93. The molecule has 1 aliphatic carbocycles. The van der Waals surface area contributed by atoms with Crippen LogP contribution >= 0.6 is 0 Å². The van der Waals surface area contributed by atoms with Crippen LogP contribution in [0.1, 0.15) is 18.4 Å². The van der Waals surface area contributed by atoms with E-state index in [1.165, 1.54) is 22.3 Å². The summed E-state index contributed by atoms with van der Waals surface area (Å²) < 4.78 is 0. The standard InChI is InChI=1S/C24H18N2/c1-3-7-17(8-4-1)19-13-15-25-23-21(19)11-12-22-20(14-16-26-24(22)23)18-9-5-2-6-10-18/h1,3-5,7-16H,2,6H2. The highest BCUT2D eigenvalue weighted by Crippen LogP contribution is 2.34. The monoisotopic (exact) mass is 334 g/mol. The lowest BCUT2D eigenvalue weighted by atomic mass is 9.94. The van der Waals surface area contributed by atoms with Gasteiger partial charge in [0.1, 0.15) is 0 Å². The van der Waals surface area contributed by atoms with E-state index in [0.29, 0.717) is 0 Å². The van der Waals surface area contributed by atoms with Crippen molar-refractivity contribution in [2.75, 3.05) is 0 Å². The number of nitrogens with zero attached hydrogens (tertiary/aromatic N) is 2. The van der Waals surface area contributed by atoms with E-state index >= 15 is 0 Å². The van der Waals surface area contributed by atoms with Gasteiger partial charge < -0.3 is 0 Å². The van der Waals surface area contributed by atoms with Crippen molar-refractivity contribution in [2.24, 2.45) is 0 Å². The molecule has 0 aliphatic heterocycles. The molecule has 0 saturated heterocycles. The first-order chi connectivity index (χ1) is 12.9. The Morgan fingerprint density at radius 2 is 1.35 bits per heavy atom. The predicted octanol–water partition coefficient (Wildman–Crippen LogP) is 6.18. The second-order valence-corrected chi connectivity index (χ2v) is 6.58. The van der Waals surface area contributed by atoms with Crippen molar-refractivity contribution in [3.05, 3.63) is 90.8 Å². The first-order valence-corrected chi connectivity index (χ1v) is 9.01. The molecular weight excluding hydrogens is 316 g/mol. The van der Waals surface area contributed by atoms with E-state index in [1.54, 1.807) is 0 Å². The fraction of sp³-hybridized carbons (Fsp3) is 0.0833. The van der Waals surface area contributed by atoms with E-state index in [2.05, 4.69) is 76.7 Å². The van der Waals surface area contributed by atoms with Gasteiger partial charge in [0, 0.05) is 23.2 Å². The minimum Gasteiger partial charge on any atom is -0.254 e. The highest BCUT2D eigenvalue weighted by atomic mass is 14.7. The number of pyridine rings is 2. The SMILES string of the molecule is C1=CC(c2ccnc3c2ccc2c(-c4ccccc4)ccnc23)=CCC1. The number of allylic oxidation sites excluding steroid dienone is 4. The molecule has 0 unspecified atom stereocenters. The largest absolute Gasteiger partial charge is 0.254 e. The normalized spacial score (nSPS) is 13.9. The van der Waals surface area contributed by atoms with Crippen LogP contribution in [0, 0.1) is 0 Å². The molecule has 2 nitrogen and oxygen atoms in total. The second kappa shape index (κ2) is 6.23. The zero-order valence-corrected chi connectivity index (χ0v) is 14.4. The van der Waals surface area contributed by atoms with Gasteiger partial charge in [0.15, 0.2) is 0 Å². The zero-order chi connectivity index (χ0) is 17.3. The molecule has 124 valence electrons. The third-order valence-electron chi connectivity index (χ3n) is 5.01. The summed E-state index contributed by atoms with van der Waals surface area (Å²) in [6.45, 7) is 0. The van der Waals surface area contributed by atoms with Gasteiger partial charge in [-0.1, -0.05) is 60.7 Å². The minimum absolute atomic E-state index is 0.964. The fourth-order valence-corrected chi connectivity index (χ4v) is 3.76. The van der Waals surface area contributed by atoms with E-state index in [9.17, 15) is 0 Å². The molecule has 0 bridgehead atoms. The van der Waals surface area contributed by atoms with Crippen LogP contribution in [-0.4, -0.2) is 9.97 Å². The molecular formula is C24H18N2. The number of rotatable bonds is 2. The maximum atomic E-state index is 4.69. The molecule has 2 heteroatoms. The number of aromatic nitrogens is 2. The lowest BCUT2D eigenvalue weighted by molar-refractivity contribution is 1.04. The predicted molar refractivity (Wildman–Crippen MR) is 109 cm³/mol. The topological polar surface area (TPSA) is 25.8 Å². The third kappa shape index (κ3) is 2.42. The van der Waals surface area contributed by atoms with Gasteiger partial charge in [0.05, 0.1) is 11.0 Å². The van der Waals surface area contributed by atoms with E-state index in [-0.39, 0.29) is 0 Å². The summed E-state index contributed by atoms with van der Waals surface area (Å²) in [6, 6.07) is 19.0. The molecule has 0 fully saturated rings. The molecule has 4 aromatic rings. The zero-order valence-electron chi connectivity index (χ0n) is 14.4. The van der Waals surface area contributed by atoms with E-state index in [4.69, 9.17) is 0 Å². The van der Waals surface area contributed by atoms with Gasteiger partial charge in [-0.2, -0.15) is 0 Å². The first kappa shape index (κ1) is 15.0. The third-order valence-corrected chi connectivity index (χ3v) is 5.01. The van der Waals surface area contributed by atoms with Crippen LogP contribution in [0.3, 0.4) is 0 Å². The Balaban J connectivity index is 1.79. The van der Waals surface area contributed by atoms with Crippen molar-refractivity contribution in [3.8, 4) is 11.1 Å². The highest BCUT2D eigenvalue weighted by Gasteiger charge is 2.12.